The van der Waals surface area contributed by atoms with Crippen LogP contribution in [0.1, 0.15) is 16.8 Å². The maximum atomic E-state index is 8.97. The lowest BCUT2D eigenvalue weighted by Gasteiger charge is -2.06. The Morgan fingerprint density at radius 3 is 2.29 bits per heavy atom. The summed E-state index contributed by atoms with van der Waals surface area (Å²) in [6.45, 7) is 7.13. The number of rotatable bonds is 1. The van der Waals surface area contributed by atoms with Gasteiger partial charge >= 0.3 is 0 Å². The number of nitriles is 1. The molecule has 0 radical (unpaired) electrons. The second-order valence-corrected chi connectivity index (χ2v) is 6.41. The van der Waals surface area contributed by atoms with Gasteiger partial charge in [0.15, 0.2) is 5.71 Å². The van der Waals surface area contributed by atoms with Crippen LogP contribution in [-0.4, -0.2) is 15.7 Å². The lowest BCUT2D eigenvalue weighted by molar-refractivity contribution is 1.28. The first-order valence-electron chi connectivity index (χ1n) is 8.65. The number of hydrogen-bond donors (Lipinski definition) is 0. The van der Waals surface area contributed by atoms with E-state index in [0.717, 1.165) is 39.0 Å². The third-order valence-corrected chi connectivity index (χ3v) is 4.82. The molecule has 0 fully saturated rings. The van der Waals surface area contributed by atoms with Gasteiger partial charge in [0.05, 0.1) is 33.5 Å². The van der Waals surface area contributed by atoms with Gasteiger partial charge in [-0.25, -0.2) is 9.97 Å². The Morgan fingerprint density at radius 2 is 1.54 bits per heavy atom. The third kappa shape index (κ3) is 2.35. The van der Waals surface area contributed by atoms with E-state index in [1.807, 2.05) is 54.6 Å². The van der Waals surface area contributed by atoms with Crippen LogP contribution in [0, 0.1) is 17.9 Å². The van der Waals surface area contributed by atoms with E-state index in [4.69, 9.17) is 21.8 Å². The summed E-state index contributed by atoms with van der Waals surface area (Å²) < 4.78 is 0. The SMILES string of the molecule is [C-]#[N+]/N=C1\c2ccccc2-c2nc3cc(-c4ccc(C#N)cc4)ccc3nc21. The van der Waals surface area contributed by atoms with Gasteiger partial charge in [-0.1, -0.05) is 42.5 Å². The fourth-order valence-electron chi connectivity index (χ4n) is 3.50. The summed E-state index contributed by atoms with van der Waals surface area (Å²) in [5, 5.41) is 12.9. The average Bonchev–Trinajstić information content (AvgIpc) is 3.05. The van der Waals surface area contributed by atoms with Crippen molar-refractivity contribution in [1.82, 2.24) is 9.97 Å². The quantitative estimate of drug-likeness (QED) is 0.319. The second-order valence-electron chi connectivity index (χ2n) is 6.41. The van der Waals surface area contributed by atoms with E-state index in [9.17, 15) is 0 Å². The summed E-state index contributed by atoms with van der Waals surface area (Å²) in [5.41, 5.74) is 7.98. The molecule has 1 aromatic heterocycles. The first-order valence-corrected chi connectivity index (χ1v) is 8.65. The van der Waals surface area contributed by atoms with Gasteiger partial charge in [-0.05, 0) is 35.4 Å². The van der Waals surface area contributed by atoms with Crippen molar-refractivity contribution in [3.8, 4) is 28.5 Å². The molecule has 3 aromatic carbocycles. The monoisotopic (exact) mass is 357 g/mol. The molecule has 1 heterocycles. The highest BCUT2D eigenvalue weighted by Gasteiger charge is 2.30. The highest BCUT2D eigenvalue weighted by molar-refractivity contribution is 6.23. The molecule has 0 amide bonds. The van der Waals surface area contributed by atoms with E-state index < -0.39 is 0 Å². The molecule has 1 aliphatic rings. The van der Waals surface area contributed by atoms with Crippen LogP contribution in [0.3, 0.4) is 0 Å². The van der Waals surface area contributed by atoms with E-state index in [1.165, 1.54) is 0 Å². The largest absolute Gasteiger partial charge is 0.244 e. The van der Waals surface area contributed by atoms with Crippen molar-refractivity contribution in [3.63, 3.8) is 0 Å². The summed E-state index contributed by atoms with van der Waals surface area (Å²) in [5.74, 6) is 0. The zero-order valence-electron chi connectivity index (χ0n) is 14.6. The zero-order valence-corrected chi connectivity index (χ0v) is 14.6. The van der Waals surface area contributed by atoms with Crippen LogP contribution < -0.4 is 0 Å². The molecule has 4 aromatic rings. The first-order chi connectivity index (χ1) is 13.8. The van der Waals surface area contributed by atoms with Crippen LogP contribution in [0.15, 0.2) is 71.8 Å². The molecule has 0 saturated carbocycles. The molecule has 5 nitrogen and oxygen atoms in total. The van der Waals surface area contributed by atoms with Crippen molar-refractivity contribution in [2.75, 3.05) is 0 Å². The normalized spacial score (nSPS) is 13.0. The van der Waals surface area contributed by atoms with E-state index >= 15 is 0 Å². The van der Waals surface area contributed by atoms with Gasteiger partial charge in [-0.15, -0.1) is 4.95 Å². The average molecular weight is 357 g/mol. The smallest absolute Gasteiger partial charge is 0.181 e. The van der Waals surface area contributed by atoms with Crippen LogP contribution in [-0.2, 0) is 0 Å². The van der Waals surface area contributed by atoms with E-state index in [1.54, 1.807) is 12.1 Å². The summed E-state index contributed by atoms with van der Waals surface area (Å²) in [6, 6.07) is 23.3. The zero-order chi connectivity index (χ0) is 19.1. The van der Waals surface area contributed by atoms with Crippen molar-refractivity contribution in [2.24, 2.45) is 5.10 Å². The molecule has 0 spiro atoms. The Balaban J connectivity index is 1.71. The minimum absolute atomic E-state index is 0.575. The maximum absolute atomic E-state index is 8.97. The van der Waals surface area contributed by atoms with Crippen LogP contribution in [0.25, 0.3) is 38.4 Å². The number of benzene rings is 3. The lowest BCUT2D eigenvalue weighted by Crippen LogP contribution is -2.01. The number of aromatic nitrogens is 2. The van der Waals surface area contributed by atoms with Crippen molar-refractivity contribution in [2.45, 2.75) is 0 Å². The molecular weight excluding hydrogens is 346 g/mol. The van der Waals surface area contributed by atoms with Crippen LogP contribution >= 0.6 is 0 Å². The molecule has 5 heteroatoms. The minimum Gasteiger partial charge on any atom is -0.244 e. The molecular formula is C23H11N5. The summed E-state index contributed by atoms with van der Waals surface area (Å²) in [4.78, 5) is 12.8. The minimum atomic E-state index is 0.575. The molecule has 0 unspecified atom stereocenters. The Morgan fingerprint density at radius 1 is 0.821 bits per heavy atom. The lowest BCUT2D eigenvalue weighted by atomic mass is 10.0. The Bertz CT molecular complexity index is 1370. The van der Waals surface area contributed by atoms with E-state index in [0.29, 0.717) is 17.0 Å². The van der Waals surface area contributed by atoms with E-state index in [-0.39, 0.29) is 0 Å². The molecule has 0 bridgehead atoms. The van der Waals surface area contributed by atoms with Gasteiger partial charge < -0.3 is 0 Å². The van der Waals surface area contributed by atoms with Crippen LogP contribution in [0.5, 0.6) is 0 Å². The molecule has 0 aliphatic heterocycles. The van der Waals surface area contributed by atoms with Gasteiger partial charge in [-0.3, -0.25) is 0 Å². The second kappa shape index (κ2) is 6.12. The van der Waals surface area contributed by atoms with Gasteiger partial charge in [0, 0.05) is 11.1 Å². The highest BCUT2D eigenvalue weighted by atomic mass is 15.2. The highest BCUT2D eigenvalue weighted by Crippen LogP contribution is 2.36. The van der Waals surface area contributed by atoms with Crippen molar-refractivity contribution in [3.05, 3.63) is 95.1 Å². The maximum Gasteiger partial charge on any atom is 0.181 e. The Labute approximate surface area is 161 Å². The van der Waals surface area contributed by atoms with Crippen molar-refractivity contribution >= 4 is 16.7 Å². The molecule has 0 atom stereocenters. The molecule has 28 heavy (non-hydrogen) atoms. The Kier molecular flexibility index (Phi) is 3.47. The summed E-state index contributed by atoms with van der Waals surface area (Å²) in [7, 11) is 0. The van der Waals surface area contributed by atoms with Crippen LogP contribution in [0.4, 0.5) is 0 Å². The van der Waals surface area contributed by atoms with Gasteiger partial charge in [0.25, 0.3) is 0 Å². The predicted octanol–water partition coefficient (Wildman–Crippen LogP) is 4.82. The molecule has 5 rings (SSSR count). The standard InChI is InChI=1S/C23H11N5/c1-25-28-22-18-5-3-2-4-17(18)21-23(22)26-19-11-10-16(12-20(19)27-21)15-8-6-14(13-24)7-9-15/h2-12H/b28-22+. The topological polar surface area (TPSA) is 66.3 Å². The third-order valence-electron chi connectivity index (χ3n) is 4.82. The number of hydrogen-bond acceptors (Lipinski definition) is 4. The number of nitrogens with zero attached hydrogens (tertiary/aromatic N) is 5. The molecule has 0 saturated heterocycles. The van der Waals surface area contributed by atoms with Gasteiger partial charge in [0.2, 0.25) is 0 Å². The van der Waals surface area contributed by atoms with Crippen molar-refractivity contribution in [1.29, 1.82) is 5.26 Å². The van der Waals surface area contributed by atoms with Gasteiger partial charge in [0.1, 0.15) is 5.69 Å². The van der Waals surface area contributed by atoms with E-state index in [2.05, 4.69) is 16.1 Å². The Hall–Kier alpha value is -4.35. The fourth-order valence-corrected chi connectivity index (χ4v) is 3.50. The summed E-state index contributed by atoms with van der Waals surface area (Å²) in [6.07, 6.45) is 0. The molecule has 128 valence electrons. The van der Waals surface area contributed by atoms with Crippen molar-refractivity contribution < 1.29 is 0 Å². The molecule has 0 N–H and O–H groups in total. The van der Waals surface area contributed by atoms with Crippen LogP contribution in [0.2, 0.25) is 0 Å². The fraction of sp³-hybridized carbons (Fsp3) is 0. The number of fused-ring (bicyclic) bond motifs is 4. The first kappa shape index (κ1) is 15.9. The summed E-state index contributed by atoms with van der Waals surface area (Å²) >= 11 is 0. The molecule has 1 aliphatic carbocycles. The predicted molar refractivity (Wildman–Crippen MR) is 107 cm³/mol. The van der Waals surface area contributed by atoms with Gasteiger partial charge in [-0.2, -0.15) is 11.8 Å².